The van der Waals surface area contributed by atoms with E-state index in [0.29, 0.717) is 12.1 Å². The second-order valence-corrected chi connectivity index (χ2v) is 5.21. The first kappa shape index (κ1) is 15.8. The van der Waals surface area contributed by atoms with Crippen molar-refractivity contribution in [3.8, 4) is 11.5 Å². The van der Waals surface area contributed by atoms with Crippen LogP contribution >= 0.6 is 0 Å². The van der Waals surface area contributed by atoms with Gasteiger partial charge >= 0.3 is 0 Å². The highest BCUT2D eigenvalue weighted by Gasteiger charge is 2.26. The van der Waals surface area contributed by atoms with E-state index < -0.39 is 0 Å². The van der Waals surface area contributed by atoms with Crippen LogP contribution in [0.3, 0.4) is 0 Å². The molecule has 1 unspecified atom stereocenters. The average Bonchev–Trinajstić information content (AvgIpc) is 2.43. The summed E-state index contributed by atoms with van der Waals surface area (Å²) in [6.45, 7) is 6.89. The summed E-state index contributed by atoms with van der Waals surface area (Å²) in [5.74, 6) is 0.307. The van der Waals surface area contributed by atoms with Crippen molar-refractivity contribution in [2.45, 2.75) is 39.7 Å². The maximum absolute atomic E-state index is 9.81. The van der Waals surface area contributed by atoms with E-state index in [1.165, 1.54) is 12.1 Å². The van der Waals surface area contributed by atoms with Gasteiger partial charge in [0, 0.05) is 30.2 Å². The molecule has 0 radical (unpaired) electrons. The third kappa shape index (κ3) is 3.85. The van der Waals surface area contributed by atoms with Gasteiger partial charge in [0.2, 0.25) is 0 Å². The lowest BCUT2D eigenvalue weighted by molar-refractivity contribution is 0.110. The van der Waals surface area contributed by atoms with E-state index in [4.69, 9.17) is 0 Å². The van der Waals surface area contributed by atoms with Crippen LogP contribution < -0.4 is 5.32 Å². The zero-order valence-electron chi connectivity index (χ0n) is 12.0. The summed E-state index contributed by atoms with van der Waals surface area (Å²) in [7, 11) is 0. The molecule has 4 nitrogen and oxygen atoms in total. The van der Waals surface area contributed by atoms with Crippen LogP contribution in [0.1, 0.15) is 45.2 Å². The maximum atomic E-state index is 9.81. The molecule has 0 saturated heterocycles. The first-order chi connectivity index (χ1) is 8.98. The number of hydrogen-bond acceptors (Lipinski definition) is 4. The predicted molar refractivity (Wildman–Crippen MR) is 76.3 cm³/mol. The van der Waals surface area contributed by atoms with Crippen LogP contribution in [0.4, 0.5) is 0 Å². The molecule has 0 fully saturated rings. The summed E-state index contributed by atoms with van der Waals surface area (Å²) >= 11 is 0. The third-order valence-electron chi connectivity index (χ3n) is 4.10. The molecule has 19 heavy (non-hydrogen) atoms. The van der Waals surface area contributed by atoms with Crippen LogP contribution in [0, 0.1) is 5.41 Å². The Hall–Kier alpha value is -1.26. The number of aliphatic hydroxyl groups is 1. The monoisotopic (exact) mass is 267 g/mol. The number of aliphatic hydroxyl groups excluding tert-OH is 1. The molecule has 0 saturated carbocycles. The van der Waals surface area contributed by atoms with Crippen molar-refractivity contribution in [2.24, 2.45) is 5.41 Å². The minimum atomic E-state index is -0.124. The Labute approximate surface area is 115 Å². The van der Waals surface area contributed by atoms with Crippen LogP contribution in [-0.2, 0) is 0 Å². The van der Waals surface area contributed by atoms with Crippen molar-refractivity contribution < 1.29 is 15.3 Å². The Morgan fingerprint density at radius 1 is 1.21 bits per heavy atom. The fourth-order valence-corrected chi connectivity index (χ4v) is 2.15. The highest BCUT2D eigenvalue weighted by atomic mass is 16.3. The molecule has 0 spiro atoms. The van der Waals surface area contributed by atoms with Gasteiger partial charge in [-0.15, -0.1) is 0 Å². The van der Waals surface area contributed by atoms with Gasteiger partial charge in [-0.2, -0.15) is 0 Å². The van der Waals surface area contributed by atoms with Gasteiger partial charge in [0.25, 0.3) is 0 Å². The molecule has 1 atom stereocenters. The molecule has 4 N–H and O–H groups in total. The Morgan fingerprint density at radius 3 is 2.37 bits per heavy atom. The van der Waals surface area contributed by atoms with Crippen molar-refractivity contribution in [3.63, 3.8) is 0 Å². The third-order valence-corrected chi connectivity index (χ3v) is 4.10. The zero-order chi connectivity index (χ0) is 14.5. The standard InChI is InChI=1S/C15H25NO3/c1-4-15(5-2,10-17)9-16-11(3)13-8-12(18)6-7-14(13)19/h6-8,11,16-19H,4-5,9-10H2,1-3H3. The van der Waals surface area contributed by atoms with Crippen molar-refractivity contribution in [2.75, 3.05) is 13.2 Å². The highest BCUT2D eigenvalue weighted by Crippen LogP contribution is 2.30. The predicted octanol–water partition coefficient (Wildman–Crippen LogP) is 2.55. The summed E-state index contributed by atoms with van der Waals surface area (Å²) in [4.78, 5) is 0. The van der Waals surface area contributed by atoms with Crippen molar-refractivity contribution >= 4 is 0 Å². The first-order valence-corrected chi connectivity index (χ1v) is 6.84. The van der Waals surface area contributed by atoms with Gasteiger partial charge in [-0.3, -0.25) is 0 Å². The molecule has 0 aliphatic rings. The molecule has 1 aromatic rings. The molecule has 108 valence electrons. The number of nitrogens with one attached hydrogen (secondary N) is 1. The minimum Gasteiger partial charge on any atom is -0.508 e. The summed E-state index contributed by atoms with van der Waals surface area (Å²) in [6.07, 6.45) is 1.79. The highest BCUT2D eigenvalue weighted by molar-refractivity contribution is 5.40. The van der Waals surface area contributed by atoms with Crippen LogP contribution in [0.25, 0.3) is 0 Å². The second-order valence-electron chi connectivity index (χ2n) is 5.21. The summed E-state index contributed by atoms with van der Waals surface area (Å²) < 4.78 is 0. The number of phenolic OH excluding ortho intramolecular Hbond substituents is 2. The molecule has 4 heteroatoms. The fourth-order valence-electron chi connectivity index (χ4n) is 2.15. The van der Waals surface area contributed by atoms with E-state index in [9.17, 15) is 15.3 Å². The number of phenols is 2. The quantitative estimate of drug-likeness (QED) is 0.573. The number of hydrogen-bond donors (Lipinski definition) is 4. The molecule has 1 aromatic carbocycles. The van der Waals surface area contributed by atoms with Crippen LogP contribution in [0.15, 0.2) is 18.2 Å². The topological polar surface area (TPSA) is 72.7 Å². The smallest absolute Gasteiger partial charge is 0.120 e. The number of benzene rings is 1. The summed E-state index contributed by atoms with van der Waals surface area (Å²) in [6, 6.07) is 4.42. The van der Waals surface area contributed by atoms with E-state index in [1.807, 2.05) is 6.92 Å². The molecule has 1 rings (SSSR count). The minimum absolute atomic E-state index is 0.0869. The van der Waals surface area contributed by atoms with Crippen molar-refractivity contribution in [1.29, 1.82) is 0 Å². The number of aromatic hydroxyl groups is 2. The van der Waals surface area contributed by atoms with Gasteiger partial charge < -0.3 is 20.6 Å². The molecule has 0 aliphatic heterocycles. The fraction of sp³-hybridized carbons (Fsp3) is 0.600. The normalized spacial score (nSPS) is 13.5. The molecule has 0 bridgehead atoms. The lowest BCUT2D eigenvalue weighted by Crippen LogP contribution is -2.37. The van der Waals surface area contributed by atoms with Crippen molar-refractivity contribution in [3.05, 3.63) is 23.8 Å². The SMILES string of the molecule is CCC(CC)(CO)CNC(C)c1cc(O)ccc1O. The van der Waals surface area contributed by atoms with Gasteiger partial charge in [-0.05, 0) is 38.0 Å². The van der Waals surface area contributed by atoms with E-state index in [1.54, 1.807) is 6.07 Å². The Balaban J connectivity index is 2.74. The van der Waals surface area contributed by atoms with E-state index in [0.717, 1.165) is 12.8 Å². The molecular formula is C15H25NO3. The Bertz CT molecular complexity index is 394. The van der Waals surface area contributed by atoms with Gasteiger partial charge in [0.1, 0.15) is 11.5 Å². The first-order valence-electron chi connectivity index (χ1n) is 6.84. The molecule has 0 amide bonds. The Morgan fingerprint density at radius 2 is 1.84 bits per heavy atom. The van der Waals surface area contributed by atoms with E-state index in [-0.39, 0.29) is 29.6 Å². The van der Waals surface area contributed by atoms with Crippen LogP contribution in [-0.4, -0.2) is 28.5 Å². The lowest BCUT2D eigenvalue weighted by Gasteiger charge is -2.31. The molecule has 0 heterocycles. The summed E-state index contributed by atoms with van der Waals surface area (Å²) in [5, 5.41) is 32.1. The van der Waals surface area contributed by atoms with E-state index in [2.05, 4.69) is 19.2 Å². The molecular weight excluding hydrogens is 242 g/mol. The van der Waals surface area contributed by atoms with E-state index >= 15 is 0 Å². The second kappa shape index (κ2) is 6.78. The number of rotatable bonds is 7. The summed E-state index contributed by atoms with van der Waals surface area (Å²) in [5.41, 5.74) is 0.541. The van der Waals surface area contributed by atoms with Crippen LogP contribution in [0.5, 0.6) is 11.5 Å². The van der Waals surface area contributed by atoms with Crippen LogP contribution in [0.2, 0.25) is 0 Å². The average molecular weight is 267 g/mol. The van der Waals surface area contributed by atoms with Crippen molar-refractivity contribution in [1.82, 2.24) is 5.32 Å². The van der Waals surface area contributed by atoms with Gasteiger partial charge in [0.15, 0.2) is 0 Å². The molecule has 0 aliphatic carbocycles. The van der Waals surface area contributed by atoms with Gasteiger partial charge in [0.05, 0.1) is 0 Å². The van der Waals surface area contributed by atoms with Gasteiger partial charge in [-0.1, -0.05) is 13.8 Å². The maximum Gasteiger partial charge on any atom is 0.120 e. The van der Waals surface area contributed by atoms with Gasteiger partial charge in [-0.25, -0.2) is 0 Å². The largest absolute Gasteiger partial charge is 0.508 e. The Kier molecular flexibility index (Phi) is 5.63. The lowest BCUT2D eigenvalue weighted by atomic mass is 9.83. The zero-order valence-corrected chi connectivity index (χ0v) is 12.0. The molecule has 0 aromatic heterocycles.